The monoisotopic (exact) mass is 591 g/mol. The van der Waals surface area contributed by atoms with Gasteiger partial charge in [0.15, 0.2) is 9.84 Å². The van der Waals surface area contributed by atoms with Gasteiger partial charge in [-0.05, 0) is 80.9 Å². The van der Waals surface area contributed by atoms with Gasteiger partial charge in [0.1, 0.15) is 12.1 Å². The lowest BCUT2D eigenvalue weighted by atomic mass is 9.77. The summed E-state index contributed by atoms with van der Waals surface area (Å²) in [6.07, 6.45) is 4.32. The molecule has 2 N–H and O–H groups in total. The summed E-state index contributed by atoms with van der Waals surface area (Å²) < 4.78 is 65.5. The maximum atomic E-state index is 13.3. The average molecular weight is 592 g/mol. The van der Waals surface area contributed by atoms with Gasteiger partial charge in [-0.15, -0.1) is 0 Å². The van der Waals surface area contributed by atoms with Gasteiger partial charge in [-0.25, -0.2) is 23.4 Å². The number of anilines is 1. The van der Waals surface area contributed by atoms with Crippen molar-refractivity contribution >= 4 is 22.1 Å². The topological polar surface area (TPSA) is 125 Å². The molecule has 13 heteroatoms. The van der Waals surface area contributed by atoms with E-state index < -0.39 is 21.6 Å². The number of halogens is 3. The zero-order valence-electron chi connectivity index (χ0n) is 22.2. The molecule has 3 atom stereocenters. The first-order valence-electron chi connectivity index (χ1n) is 13.3. The van der Waals surface area contributed by atoms with E-state index in [4.69, 9.17) is 9.90 Å². The summed E-state index contributed by atoms with van der Waals surface area (Å²) in [5, 5.41) is 10.4. The molecule has 2 fully saturated rings. The van der Waals surface area contributed by atoms with Crippen molar-refractivity contribution in [1.82, 2.24) is 19.9 Å². The first kappa shape index (κ1) is 30.4. The third-order valence-corrected chi connectivity index (χ3v) is 9.16. The van der Waals surface area contributed by atoms with Crippen molar-refractivity contribution in [1.29, 1.82) is 0 Å². The van der Waals surface area contributed by atoms with Crippen molar-refractivity contribution in [3.63, 3.8) is 0 Å². The SMILES string of the molecule is O=CO.O=S(=O)(Cc1ccncn1)c1ccc(N[C@H]2CC[C@H](c3cccc(C(F)(F)F)c3)C[C@@H]2N2CCCC2)nc1. The molecule has 1 saturated carbocycles. The Morgan fingerprint density at radius 2 is 1.83 bits per heavy atom. The van der Waals surface area contributed by atoms with Crippen molar-refractivity contribution in [3.05, 3.63) is 78.0 Å². The Kier molecular flexibility index (Phi) is 9.92. The predicted octanol–water partition coefficient (Wildman–Crippen LogP) is 4.78. The minimum absolute atomic E-state index is 0.0447. The highest BCUT2D eigenvalue weighted by Gasteiger charge is 2.37. The van der Waals surface area contributed by atoms with E-state index in [9.17, 15) is 21.6 Å². The highest BCUT2D eigenvalue weighted by atomic mass is 32.2. The Morgan fingerprint density at radius 3 is 2.46 bits per heavy atom. The molecule has 2 aromatic heterocycles. The number of rotatable bonds is 7. The number of hydrogen-bond donors (Lipinski definition) is 2. The number of benzene rings is 1. The fourth-order valence-corrected chi connectivity index (χ4v) is 6.80. The number of alkyl halides is 3. The predicted molar refractivity (Wildman–Crippen MR) is 146 cm³/mol. The molecule has 0 radical (unpaired) electrons. The maximum absolute atomic E-state index is 13.3. The lowest BCUT2D eigenvalue weighted by Gasteiger charge is -2.42. The van der Waals surface area contributed by atoms with Crippen LogP contribution in [0.4, 0.5) is 19.0 Å². The zero-order chi connectivity index (χ0) is 29.5. The number of hydrogen-bond acceptors (Lipinski definition) is 8. The highest BCUT2D eigenvalue weighted by molar-refractivity contribution is 7.90. The molecular formula is C28H32F3N5O4S. The summed E-state index contributed by atoms with van der Waals surface area (Å²) in [4.78, 5) is 23.1. The Morgan fingerprint density at radius 1 is 1.07 bits per heavy atom. The maximum Gasteiger partial charge on any atom is 0.416 e. The first-order chi connectivity index (χ1) is 19.6. The van der Waals surface area contributed by atoms with Gasteiger partial charge in [0.05, 0.1) is 21.9 Å². The van der Waals surface area contributed by atoms with Crippen LogP contribution in [0.1, 0.15) is 54.8 Å². The van der Waals surface area contributed by atoms with E-state index in [-0.39, 0.29) is 35.1 Å². The summed E-state index contributed by atoms with van der Waals surface area (Å²) in [5.74, 6) is 0.390. The summed E-state index contributed by atoms with van der Waals surface area (Å²) >= 11 is 0. The lowest BCUT2D eigenvalue weighted by molar-refractivity contribution is -0.137. The zero-order valence-corrected chi connectivity index (χ0v) is 23.1. The molecule has 3 heterocycles. The van der Waals surface area contributed by atoms with Gasteiger partial charge in [0.2, 0.25) is 0 Å². The quantitative estimate of drug-likeness (QED) is 0.374. The number of nitrogens with zero attached hydrogens (tertiary/aromatic N) is 4. The molecule has 0 spiro atoms. The van der Waals surface area contributed by atoms with Gasteiger partial charge in [-0.3, -0.25) is 9.69 Å². The third kappa shape index (κ3) is 8.00. The van der Waals surface area contributed by atoms with E-state index in [1.165, 1.54) is 30.9 Å². The number of carbonyl (C=O) groups is 1. The number of sulfone groups is 1. The Balaban J connectivity index is 0.00000124. The summed E-state index contributed by atoms with van der Waals surface area (Å²) in [5.41, 5.74) is 0.541. The highest BCUT2D eigenvalue weighted by Crippen LogP contribution is 2.39. The van der Waals surface area contributed by atoms with Gasteiger partial charge in [-0.1, -0.05) is 18.2 Å². The molecule has 220 valence electrons. The first-order valence-corrected chi connectivity index (χ1v) is 14.9. The molecular weight excluding hydrogens is 559 g/mol. The Bertz CT molecular complexity index is 1390. The van der Waals surface area contributed by atoms with Gasteiger partial charge >= 0.3 is 6.18 Å². The second kappa shape index (κ2) is 13.4. The largest absolute Gasteiger partial charge is 0.483 e. The number of nitrogens with one attached hydrogen (secondary N) is 1. The molecule has 0 amide bonds. The second-order valence-electron chi connectivity index (χ2n) is 10.1. The van der Waals surface area contributed by atoms with Crippen LogP contribution in [0.2, 0.25) is 0 Å². The van der Waals surface area contributed by atoms with Crippen LogP contribution in [0.15, 0.2) is 66.1 Å². The van der Waals surface area contributed by atoms with Crippen LogP contribution < -0.4 is 5.32 Å². The van der Waals surface area contributed by atoms with Gasteiger partial charge in [0.25, 0.3) is 6.47 Å². The molecule has 2 aliphatic rings. The molecule has 5 rings (SSSR count). The van der Waals surface area contributed by atoms with E-state index >= 15 is 0 Å². The number of aromatic nitrogens is 3. The lowest BCUT2D eigenvalue weighted by Crippen LogP contribution is -2.49. The van der Waals surface area contributed by atoms with Crippen molar-refractivity contribution < 1.29 is 31.5 Å². The molecule has 1 aromatic carbocycles. The van der Waals surface area contributed by atoms with Crippen LogP contribution in [0.25, 0.3) is 0 Å². The number of pyridine rings is 1. The van der Waals surface area contributed by atoms with Gasteiger partial charge in [0, 0.05) is 24.5 Å². The van der Waals surface area contributed by atoms with Crippen molar-refractivity contribution in [3.8, 4) is 0 Å². The fourth-order valence-electron chi connectivity index (χ4n) is 5.58. The molecule has 0 unspecified atom stereocenters. The summed E-state index contributed by atoms with van der Waals surface area (Å²) in [6.45, 7) is 1.68. The van der Waals surface area contributed by atoms with Gasteiger partial charge in [-0.2, -0.15) is 13.2 Å². The summed E-state index contributed by atoms with van der Waals surface area (Å²) in [7, 11) is -3.61. The molecule has 1 aliphatic carbocycles. The van der Waals surface area contributed by atoms with Crippen molar-refractivity contribution in [2.75, 3.05) is 18.4 Å². The standard InChI is InChI=1S/C27H30F3N5O2S.CH2O2/c28-27(29,30)21-5-3-4-19(14-21)20-6-8-24(25(15-20)35-12-1-2-13-35)34-26-9-7-23(16-32-26)38(36,37)17-22-10-11-31-18-33-22;2-1-3/h3-5,7,9-11,14,16,18,20,24-25H,1-2,6,8,12-13,15,17H2,(H,32,34);1H,(H,2,3)/t20-,24-,25-;/m0./s1. The molecule has 41 heavy (non-hydrogen) atoms. The van der Waals surface area contributed by atoms with Crippen LogP contribution in [-0.2, 0) is 26.6 Å². The van der Waals surface area contributed by atoms with Crippen LogP contribution in [-0.4, -0.2) is 65.0 Å². The van der Waals surface area contributed by atoms with Crippen LogP contribution >= 0.6 is 0 Å². The van der Waals surface area contributed by atoms with E-state index in [2.05, 4.69) is 25.2 Å². The van der Waals surface area contributed by atoms with Crippen LogP contribution in [0, 0.1) is 0 Å². The Hall–Kier alpha value is -3.58. The molecule has 1 saturated heterocycles. The third-order valence-electron chi connectivity index (χ3n) is 7.52. The smallest absolute Gasteiger partial charge is 0.416 e. The fraction of sp³-hybridized carbons (Fsp3) is 0.429. The molecule has 0 bridgehead atoms. The van der Waals surface area contributed by atoms with E-state index in [0.717, 1.165) is 56.8 Å². The van der Waals surface area contributed by atoms with E-state index in [1.807, 2.05) is 0 Å². The minimum Gasteiger partial charge on any atom is -0.483 e. The second-order valence-corrected chi connectivity index (χ2v) is 12.1. The number of carboxylic acid groups (broad SMARTS) is 1. The molecule has 1 aliphatic heterocycles. The van der Waals surface area contributed by atoms with E-state index in [0.29, 0.717) is 11.5 Å². The van der Waals surface area contributed by atoms with Crippen molar-refractivity contribution in [2.45, 2.75) is 66.9 Å². The normalized spacial score (nSPS) is 21.5. The van der Waals surface area contributed by atoms with Crippen LogP contribution in [0.3, 0.4) is 0 Å². The molecule has 9 nitrogen and oxygen atoms in total. The van der Waals surface area contributed by atoms with Crippen LogP contribution in [0.5, 0.6) is 0 Å². The average Bonchev–Trinajstić information content (AvgIpc) is 3.49. The van der Waals surface area contributed by atoms with E-state index in [1.54, 1.807) is 24.3 Å². The minimum atomic E-state index is -4.36. The number of likely N-dealkylation sites (tertiary alicyclic amines) is 1. The van der Waals surface area contributed by atoms with Gasteiger partial charge < -0.3 is 10.4 Å². The van der Waals surface area contributed by atoms with Crippen molar-refractivity contribution in [2.24, 2.45) is 0 Å². The Labute approximate surface area is 236 Å². The summed E-state index contributed by atoms with van der Waals surface area (Å²) in [6, 6.07) is 10.7. The molecule has 3 aromatic rings.